The van der Waals surface area contributed by atoms with Crippen LogP contribution >= 0.6 is 0 Å². The molecule has 0 spiro atoms. The second-order valence-corrected chi connectivity index (χ2v) is 2.55. The number of fused-ring (bicyclic) bond motifs is 1. The molecule has 1 aliphatic rings. The summed E-state index contributed by atoms with van der Waals surface area (Å²) in [6.45, 7) is 0. The highest BCUT2D eigenvalue weighted by Crippen LogP contribution is 2.25. The lowest BCUT2D eigenvalue weighted by Gasteiger charge is -1.92. The van der Waals surface area contributed by atoms with Crippen molar-refractivity contribution in [2.24, 2.45) is 5.16 Å². The van der Waals surface area contributed by atoms with Crippen LogP contribution < -0.4 is 4.74 Å². The molecule has 0 unspecified atom stereocenters. The second-order valence-electron chi connectivity index (χ2n) is 2.55. The van der Waals surface area contributed by atoms with Crippen LogP contribution in [0.2, 0.25) is 0 Å². The molecule has 0 aromatic heterocycles. The van der Waals surface area contributed by atoms with Crippen molar-refractivity contribution in [2.75, 3.05) is 7.11 Å². The first-order chi connectivity index (χ1) is 6.33. The van der Waals surface area contributed by atoms with Crippen molar-refractivity contribution in [3.8, 4) is 5.75 Å². The maximum atomic E-state index is 7.46. The number of nitrogens with zero attached hydrogens (tertiary/aromatic N) is 1. The van der Waals surface area contributed by atoms with E-state index < -0.39 is 0 Å². The van der Waals surface area contributed by atoms with Crippen LogP contribution in [-0.2, 0) is 4.84 Å². The third-order valence-electron chi connectivity index (χ3n) is 1.75. The minimum Gasteiger partial charge on any atom is -0.437 e. The van der Waals surface area contributed by atoms with E-state index in [1.165, 1.54) is 7.11 Å². The summed E-state index contributed by atoms with van der Waals surface area (Å²) in [5, 5.41) is 11.2. The first-order valence-electron chi connectivity index (χ1n) is 3.80. The van der Waals surface area contributed by atoms with Gasteiger partial charge in [0.25, 0.3) is 0 Å². The fourth-order valence-electron chi connectivity index (χ4n) is 1.21. The van der Waals surface area contributed by atoms with E-state index in [1.807, 2.05) is 18.2 Å². The van der Waals surface area contributed by atoms with Gasteiger partial charge in [-0.05, 0) is 12.1 Å². The molecule has 0 atom stereocenters. The molecule has 13 heavy (non-hydrogen) atoms. The van der Waals surface area contributed by atoms with Gasteiger partial charge in [0.1, 0.15) is 12.9 Å². The Hall–Kier alpha value is -1.84. The average molecular weight is 176 g/mol. The molecular formula is C9H8N2O2. The summed E-state index contributed by atoms with van der Waals surface area (Å²) in [6.07, 6.45) is 0. The summed E-state index contributed by atoms with van der Waals surface area (Å²) in [7, 11) is 1.45. The van der Waals surface area contributed by atoms with Gasteiger partial charge in [-0.25, -0.2) is 0 Å². The number of hydrogen-bond acceptors (Lipinski definition) is 4. The van der Waals surface area contributed by atoms with E-state index in [2.05, 4.69) is 9.99 Å². The lowest BCUT2D eigenvalue weighted by molar-refractivity contribution is 0.214. The molecule has 0 saturated heterocycles. The van der Waals surface area contributed by atoms with Gasteiger partial charge in [0, 0.05) is 0 Å². The van der Waals surface area contributed by atoms with E-state index in [0.717, 1.165) is 5.56 Å². The van der Waals surface area contributed by atoms with Gasteiger partial charge in [-0.15, -0.1) is 0 Å². The van der Waals surface area contributed by atoms with Crippen LogP contribution in [0.5, 0.6) is 5.75 Å². The monoisotopic (exact) mass is 176 g/mol. The number of oxime groups is 1. The quantitative estimate of drug-likeness (QED) is 0.657. The standard InChI is InChI=1S/C9H8N2O2/c1-12-11-8-6-4-2-3-5-7(6)13-9(8)10/h2-5,10H,1H3/b10-9?,11-8+. The average Bonchev–Trinajstić information content (AvgIpc) is 2.44. The lowest BCUT2D eigenvalue weighted by atomic mass is 10.1. The predicted octanol–water partition coefficient (Wildman–Crippen LogP) is 1.41. The highest BCUT2D eigenvalue weighted by Gasteiger charge is 2.25. The SMILES string of the molecule is CO/N=C1/C(=N)Oc2ccccc21. The van der Waals surface area contributed by atoms with Crippen molar-refractivity contribution >= 4 is 11.6 Å². The Balaban J connectivity index is 2.53. The van der Waals surface area contributed by atoms with Gasteiger partial charge in [-0.3, -0.25) is 5.41 Å². The van der Waals surface area contributed by atoms with Gasteiger partial charge in [0.2, 0.25) is 5.90 Å². The zero-order chi connectivity index (χ0) is 9.26. The molecule has 1 aliphatic heterocycles. The van der Waals surface area contributed by atoms with Crippen LogP contribution in [0.1, 0.15) is 5.56 Å². The summed E-state index contributed by atoms with van der Waals surface area (Å²) in [4.78, 5) is 4.62. The molecule has 1 N–H and O–H groups in total. The maximum Gasteiger partial charge on any atom is 0.242 e. The molecule has 1 aromatic rings. The Kier molecular flexibility index (Phi) is 1.73. The van der Waals surface area contributed by atoms with Gasteiger partial charge in [0.15, 0.2) is 5.71 Å². The summed E-state index contributed by atoms with van der Waals surface area (Å²) in [5.74, 6) is 0.686. The molecule has 0 radical (unpaired) electrons. The van der Waals surface area contributed by atoms with Crippen molar-refractivity contribution in [3.63, 3.8) is 0 Å². The molecule has 1 heterocycles. The number of hydrogen-bond donors (Lipinski definition) is 1. The van der Waals surface area contributed by atoms with Gasteiger partial charge in [0.05, 0.1) is 5.56 Å². The van der Waals surface area contributed by atoms with E-state index >= 15 is 0 Å². The van der Waals surface area contributed by atoms with Crippen molar-refractivity contribution in [1.29, 1.82) is 5.41 Å². The molecule has 2 rings (SSSR count). The molecular weight excluding hydrogens is 168 g/mol. The summed E-state index contributed by atoms with van der Waals surface area (Å²) in [6, 6.07) is 7.35. The molecule has 0 fully saturated rings. The molecule has 4 nitrogen and oxygen atoms in total. The normalized spacial score (nSPS) is 17.0. The summed E-state index contributed by atoms with van der Waals surface area (Å²) in [5.41, 5.74) is 1.24. The molecule has 0 saturated carbocycles. The van der Waals surface area contributed by atoms with E-state index in [4.69, 9.17) is 10.1 Å². The van der Waals surface area contributed by atoms with Crippen LogP contribution in [0, 0.1) is 5.41 Å². The maximum absolute atomic E-state index is 7.46. The number of nitrogens with one attached hydrogen (secondary N) is 1. The van der Waals surface area contributed by atoms with Crippen molar-refractivity contribution in [1.82, 2.24) is 0 Å². The second kappa shape index (κ2) is 2.90. The largest absolute Gasteiger partial charge is 0.437 e. The van der Waals surface area contributed by atoms with Crippen LogP contribution in [0.4, 0.5) is 0 Å². The Bertz CT molecular complexity index is 385. The van der Waals surface area contributed by atoms with Gasteiger partial charge in [-0.2, -0.15) is 0 Å². The molecule has 0 bridgehead atoms. The molecule has 0 aliphatic carbocycles. The van der Waals surface area contributed by atoms with Crippen LogP contribution in [0.15, 0.2) is 29.4 Å². The Morgan fingerprint density at radius 1 is 1.38 bits per heavy atom. The fourth-order valence-corrected chi connectivity index (χ4v) is 1.21. The zero-order valence-electron chi connectivity index (χ0n) is 7.07. The van der Waals surface area contributed by atoms with Crippen molar-refractivity contribution < 1.29 is 9.57 Å². The minimum absolute atomic E-state index is 0.0306. The first-order valence-corrected chi connectivity index (χ1v) is 3.80. The Morgan fingerprint density at radius 3 is 2.92 bits per heavy atom. The predicted molar refractivity (Wildman–Crippen MR) is 48.3 cm³/mol. The fraction of sp³-hybridized carbons (Fsp3) is 0.111. The van der Waals surface area contributed by atoms with Crippen molar-refractivity contribution in [3.05, 3.63) is 29.8 Å². The smallest absolute Gasteiger partial charge is 0.242 e. The topological polar surface area (TPSA) is 54.7 Å². The zero-order valence-corrected chi connectivity index (χ0v) is 7.07. The Labute approximate surface area is 75.3 Å². The van der Waals surface area contributed by atoms with Gasteiger partial charge in [-0.1, -0.05) is 17.3 Å². The van der Waals surface area contributed by atoms with E-state index in [1.54, 1.807) is 6.07 Å². The number of ether oxygens (including phenoxy) is 1. The molecule has 4 heteroatoms. The van der Waals surface area contributed by atoms with Gasteiger partial charge < -0.3 is 9.57 Å². The highest BCUT2D eigenvalue weighted by molar-refractivity contribution is 6.47. The number of benzene rings is 1. The van der Waals surface area contributed by atoms with Crippen LogP contribution in [-0.4, -0.2) is 18.7 Å². The third-order valence-corrected chi connectivity index (χ3v) is 1.75. The van der Waals surface area contributed by atoms with Crippen LogP contribution in [0.25, 0.3) is 0 Å². The summed E-state index contributed by atoms with van der Waals surface area (Å²) >= 11 is 0. The van der Waals surface area contributed by atoms with E-state index in [-0.39, 0.29) is 5.90 Å². The van der Waals surface area contributed by atoms with E-state index in [9.17, 15) is 0 Å². The number of rotatable bonds is 1. The first kappa shape index (κ1) is 7.79. The molecule has 1 aromatic carbocycles. The van der Waals surface area contributed by atoms with Gasteiger partial charge >= 0.3 is 0 Å². The summed E-state index contributed by atoms with van der Waals surface area (Å²) < 4.78 is 5.14. The highest BCUT2D eigenvalue weighted by atomic mass is 16.6. The number of para-hydroxylation sites is 1. The van der Waals surface area contributed by atoms with Crippen molar-refractivity contribution in [2.45, 2.75) is 0 Å². The van der Waals surface area contributed by atoms with Crippen LogP contribution in [0.3, 0.4) is 0 Å². The minimum atomic E-state index is 0.0306. The lowest BCUT2D eigenvalue weighted by Crippen LogP contribution is -2.11. The molecule has 66 valence electrons. The molecule has 0 amide bonds. The Morgan fingerprint density at radius 2 is 2.15 bits per heavy atom. The van der Waals surface area contributed by atoms with E-state index in [0.29, 0.717) is 11.5 Å². The third kappa shape index (κ3) is 1.16.